The third-order valence-corrected chi connectivity index (χ3v) is 5.92. The first kappa shape index (κ1) is 19.8. The van der Waals surface area contributed by atoms with Crippen LogP contribution in [0.25, 0.3) is 0 Å². The van der Waals surface area contributed by atoms with Gasteiger partial charge in [0.25, 0.3) is 15.7 Å². The molecule has 0 aromatic heterocycles. The van der Waals surface area contributed by atoms with Crippen LogP contribution < -0.4 is 5.73 Å². The molecule has 1 aromatic carbocycles. The van der Waals surface area contributed by atoms with Gasteiger partial charge in [0.05, 0.1) is 4.92 Å². The molecular weight excluding hydrogens is 349 g/mol. The number of nitro groups is 1. The van der Waals surface area contributed by atoms with Crippen LogP contribution >= 0.6 is 12.4 Å². The fourth-order valence-electron chi connectivity index (χ4n) is 2.77. The van der Waals surface area contributed by atoms with Crippen LogP contribution in [0.2, 0.25) is 0 Å². The molecule has 1 fully saturated rings. The number of nitro benzene ring substituents is 1. The van der Waals surface area contributed by atoms with Gasteiger partial charge < -0.3 is 5.73 Å². The second kappa shape index (κ2) is 7.52. The average Bonchev–Trinajstić information content (AvgIpc) is 2.46. The molecule has 0 bridgehead atoms. The van der Waals surface area contributed by atoms with Crippen LogP contribution in [0.15, 0.2) is 23.1 Å². The van der Waals surface area contributed by atoms with E-state index in [-0.39, 0.29) is 25.5 Å². The lowest BCUT2D eigenvalue weighted by Gasteiger charge is -2.36. The van der Waals surface area contributed by atoms with Gasteiger partial charge in [0.1, 0.15) is 5.82 Å². The van der Waals surface area contributed by atoms with Crippen molar-refractivity contribution in [1.29, 1.82) is 0 Å². The molecule has 0 amide bonds. The van der Waals surface area contributed by atoms with Crippen molar-refractivity contribution in [3.63, 3.8) is 0 Å². The van der Waals surface area contributed by atoms with Gasteiger partial charge >= 0.3 is 0 Å². The van der Waals surface area contributed by atoms with E-state index in [0.29, 0.717) is 18.8 Å². The lowest BCUT2D eigenvalue weighted by molar-refractivity contribution is -0.388. The van der Waals surface area contributed by atoms with Crippen LogP contribution in [0.4, 0.5) is 10.1 Å². The molecule has 130 valence electrons. The fraction of sp³-hybridized carbons (Fsp3) is 0.538. The van der Waals surface area contributed by atoms with E-state index in [4.69, 9.17) is 5.73 Å². The molecule has 10 heteroatoms. The van der Waals surface area contributed by atoms with Crippen LogP contribution in [0.1, 0.15) is 19.8 Å². The van der Waals surface area contributed by atoms with E-state index in [2.05, 4.69) is 0 Å². The monoisotopic (exact) mass is 367 g/mol. The van der Waals surface area contributed by atoms with Crippen molar-refractivity contribution < 1.29 is 17.7 Å². The maximum atomic E-state index is 14.0. The Kier molecular flexibility index (Phi) is 6.46. The summed E-state index contributed by atoms with van der Waals surface area (Å²) in [6.45, 7) is 2.25. The van der Waals surface area contributed by atoms with Crippen LogP contribution in [0.5, 0.6) is 0 Å². The van der Waals surface area contributed by atoms with E-state index in [9.17, 15) is 22.9 Å². The average molecular weight is 368 g/mol. The summed E-state index contributed by atoms with van der Waals surface area (Å²) >= 11 is 0. The van der Waals surface area contributed by atoms with Crippen molar-refractivity contribution in [2.45, 2.75) is 30.7 Å². The number of piperidine rings is 1. The SMILES string of the molecule is CC1CCN(S(=O)(=O)c2c(F)cccc2[N+](=O)[O-])C(CN)C1.Cl. The zero-order chi connectivity index (χ0) is 16.5. The molecule has 0 spiro atoms. The molecule has 1 heterocycles. The zero-order valence-corrected chi connectivity index (χ0v) is 14.1. The third kappa shape index (κ3) is 3.79. The number of benzene rings is 1. The predicted octanol–water partition coefficient (Wildman–Crippen LogP) is 1.90. The van der Waals surface area contributed by atoms with Crippen molar-refractivity contribution in [2.75, 3.05) is 13.1 Å². The number of halogens is 2. The second-order valence-corrected chi connectivity index (χ2v) is 7.31. The van der Waals surface area contributed by atoms with E-state index in [1.54, 1.807) is 0 Å². The third-order valence-electron chi connectivity index (χ3n) is 3.91. The Hall–Kier alpha value is -1.29. The van der Waals surface area contributed by atoms with Crippen molar-refractivity contribution in [3.8, 4) is 0 Å². The molecule has 2 atom stereocenters. The van der Waals surface area contributed by atoms with Gasteiger partial charge in [-0.1, -0.05) is 13.0 Å². The minimum Gasteiger partial charge on any atom is -0.329 e. The first-order valence-corrected chi connectivity index (χ1v) is 8.37. The van der Waals surface area contributed by atoms with Crippen molar-refractivity contribution in [1.82, 2.24) is 4.31 Å². The second-order valence-electron chi connectivity index (χ2n) is 5.48. The summed E-state index contributed by atoms with van der Waals surface area (Å²) in [6.07, 6.45) is 1.16. The number of rotatable bonds is 4. The molecule has 7 nitrogen and oxygen atoms in total. The first-order valence-electron chi connectivity index (χ1n) is 6.93. The summed E-state index contributed by atoms with van der Waals surface area (Å²) in [5.74, 6) is -0.820. The maximum absolute atomic E-state index is 14.0. The first-order chi connectivity index (χ1) is 10.3. The van der Waals surface area contributed by atoms with Gasteiger partial charge in [0.2, 0.25) is 0 Å². The molecule has 0 aliphatic carbocycles. The molecule has 2 rings (SSSR count). The van der Waals surface area contributed by atoms with Crippen LogP contribution in [-0.4, -0.2) is 36.8 Å². The molecule has 1 aliphatic heterocycles. The van der Waals surface area contributed by atoms with Crippen molar-refractivity contribution in [3.05, 3.63) is 34.1 Å². The number of nitrogens with two attached hydrogens (primary N) is 1. The van der Waals surface area contributed by atoms with Crippen LogP contribution in [0.3, 0.4) is 0 Å². The van der Waals surface area contributed by atoms with Gasteiger partial charge in [0, 0.05) is 25.2 Å². The quantitative estimate of drug-likeness (QED) is 0.646. The number of sulfonamides is 1. The largest absolute Gasteiger partial charge is 0.329 e. The molecule has 2 N–H and O–H groups in total. The summed E-state index contributed by atoms with van der Waals surface area (Å²) in [5, 5.41) is 11.0. The van der Waals surface area contributed by atoms with Crippen molar-refractivity contribution in [2.24, 2.45) is 11.7 Å². The molecule has 23 heavy (non-hydrogen) atoms. The Balaban J connectivity index is 0.00000264. The lowest BCUT2D eigenvalue weighted by atomic mass is 9.94. The van der Waals surface area contributed by atoms with Crippen LogP contribution in [-0.2, 0) is 10.0 Å². The van der Waals surface area contributed by atoms with Gasteiger partial charge in [-0.15, -0.1) is 12.4 Å². The Morgan fingerprint density at radius 3 is 2.70 bits per heavy atom. The normalized spacial score (nSPS) is 22.4. The summed E-state index contributed by atoms with van der Waals surface area (Å²) in [7, 11) is -4.32. The number of hydrogen-bond donors (Lipinski definition) is 1. The highest BCUT2D eigenvalue weighted by molar-refractivity contribution is 7.89. The lowest BCUT2D eigenvalue weighted by Crippen LogP contribution is -2.49. The van der Waals surface area contributed by atoms with E-state index >= 15 is 0 Å². The predicted molar refractivity (Wildman–Crippen MR) is 85.4 cm³/mol. The highest BCUT2D eigenvalue weighted by Gasteiger charge is 2.40. The molecule has 1 aromatic rings. The molecule has 2 unspecified atom stereocenters. The van der Waals surface area contributed by atoms with Crippen molar-refractivity contribution >= 4 is 28.1 Å². The van der Waals surface area contributed by atoms with E-state index in [1.807, 2.05) is 6.92 Å². The minimum absolute atomic E-state index is 0. The number of nitrogens with zero attached hydrogens (tertiary/aromatic N) is 2. The van der Waals surface area contributed by atoms with E-state index in [0.717, 1.165) is 22.5 Å². The summed E-state index contributed by atoms with van der Waals surface area (Å²) in [4.78, 5) is 9.27. The summed E-state index contributed by atoms with van der Waals surface area (Å²) in [6, 6.07) is 2.53. The molecule has 1 saturated heterocycles. The molecular formula is C13H19ClFN3O4S. The molecule has 0 radical (unpaired) electrons. The van der Waals surface area contributed by atoms with Gasteiger partial charge in [-0.3, -0.25) is 10.1 Å². The minimum atomic E-state index is -4.32. The highest BCUT2D eigenvalue weighted by atomic mass is 35.5. The van der Waals surface area contributed by atoms with E-state index in [1.165, 1.54) is 0 Å². The Morgan fingerprint density at radius 1 is 1.48 bits per heavy atom. The zero-order valence-electron chi connectivity index (χ0n) is 12.5. The van der Waals surface area contributed by atoms with E-state index < -0.39 is 37.4 Å². The number of hydrogen-bond acceptors (Lipinski definition) is 5. The van der Waals surface area contributed by atoms with Gasteiger partial charge in [-0.2, -0.15) is 4.31 Å². The fourth-order valence-corrected chi connectivity index (χ4v) is 4.64. The highest BCUT2D eigenvalue weighted by Crippen LogP contribution is 2.33. The topological polar surface area (TPSA) is 107 Å². The Bertz CT molecular complexity index is 686. The molecule has 1 aliphatic rings. The van der Waals surface area contributed by atoms with Gasteiger partial charge in [-0.25, -0.2) is 12.8 Å². The summed E-state index contributed by atoms with van der Waals surface area (Å²) in [5.41, 5.74) is 4.88. The van der Waals surface area contributed by atoms with Gasteiger partial charge in [-0.05, 0) is 24.8 Å². The Morgan fingerprint density at radius 2 is 2.13 bits per heavy atom. The Labute approximate surface area is 140 Å². The molecule has 0 saturated carbocycles. The summed E-state index contributed by atoms with van der Waals surface area (Å²) < 4.78 is 40.6. The maximum Gasteiger partial charge on any atom is 0.292 e. The standard InChI is InChI=1S/C13H18FN3O4S.ClH/c1-9-5-6-16(10(7-9)8-15)22(20,21)13-11(14)3-2-4-12(13)17(18)19;/h2-4,9-10H,5-8,15H2,1H3;1H. The van der Waals surface area contributed by atoms with Gasteiger partial charge in [0.15, 0.2) is 4.90 Å². The van der Waals surface area contributed by atoms with Crippen LogP contribution in [0, 0.1) is 21.8 Å². The smallest absolute Gasteiger partial charge is 0.292 e.